The minimum Gasteiger partial charge on any atom is -0.447 e. The number of amides is 2. The summed E-state index contributed by atoms with van der Waals surface area (Å²) < 4.78 is 5.06. The Kier molecular flexibility index (Phi) is 4.16. The first-order chi connectivity index (χ1) is 12.5. The van der Waals surface area contributed by atoms with E-state index in [1.807, 2.05) is 18.2 Å². The van der Waals surface area contributed by atoms with Crippen molar-refractivity contribution in [3.8, 4) is 0 Å². The monoisotopic (exact) mass is 372 g/mol. The van der Waals surface area contributed by atoms with Gasteiger partial charge in [-0.25, -0.2) is 9.78 Å². The van der Waals surface area contributed by atoms with Crippen molar-refractivity contribution in [2.24, 2.45) is 5.73 Å². The molecule has 2 N–H and O–H groups in total. The van der Waals surface area contributed by atoms with Crippen LogP contribution in [-0.2, 0) is 17.7 Å². The Balaban J connectivity index is 1.63. The highest BCUT2D eigenvalue weighted by molar-refractivity contribution is 6.33. The van der Waals surface area contributed by atoms with E-state index in [1.54, 1.807) is 11.0 Å². The summed E-state index contributed by atoms with van der Waals surface area (Å²) in [5, 5.41) is 0.393. The zero-order valence-electron chi connectivity index (χ0n) is 13.9. The summed E-state index contributed by atoms with van der Waals surface area (Å²) in [6.45, 7) is 2.31. The Morgan fingerprint density at radius 2 is 2.15 bits per heavy atom. The van der Waals surface area contributed by atoms with E-state index >= 15 is 0 Å². The van der Waals surface area contributed by atoms with Crippen molar-refractivity contribution in [2.45, 2.75) is 13.0 Å². The third-order valence-corrected chi connectivity index (χ3v) is 4.98. The van der Waals surface area contributed by atoms with Crippen LogP contribution in [-0.4, -0.2) is 36.7 Å². The van der Waals surface area contributed by atoms with E-state index in [2.05, 4.69) is 9.88 Å². The van der Waals surface area contributed by atoms with E-state index < -0.39 is 5.91 Å². The Morgan fingerprint density at radius 3 is 2.85 bits per heavy atom. The molecule has 7 nitrogen and oxygen atoms in total. The van der Waals surface area contributed by atoms with Crippen LogP contribution in [0, 0.1) is 0 Å². The van der Waals surface area contributed by atoms with Crippen molar-refractivity contribution in [3.05, 3.63) is 52.2 Å². The lowest BCUT2D eigenvalue weighted by Gasteiger charge is -2.32. The normalized spacial score (nSPS) is 16.4. The zero-order chi connectivity index (χ0) is 18.3. The van der Waals surface area contributed by atoms with E-state index in [1.165, 1.54) is 6.20 Å². The Labute approximate surface area is 155 Å². The molecule has 2 amide bonds. The number of halogens is 1. The first-order valence-corrected chi connectivity index (χ1v) is 8.68. The van der Waals surface area contributed by atoms with Crippen molar-refractivity contribution < 1.29 is 14.3 Å². The SMILES string of the molecule is NC(=O)c1cnc(N2CCc3c(cccc3N3CCOC3=O)C2)c(Cl)c1. The number of carbonyl (C=O) groups excluding carboxylic acids is 2. The number of primary amides is 1. The number of rotatable bonds is 3. The third-order valence-electron chi connectivity index (χ3n) is 4.70. The van der Waals surface area contributed by atoms with Gasteiger partial charge in [0.15, 0.2) is 0 Å². The van der Waals surface area contributed by atoms with Gasteiger partial charge in [0.05, 0.1) is 22.8 Å². The summed E-state index contributed by atoms with van der Waals surface area (Å²) in [5.41, 5.74) is 8.72. The minimum atomic E-state index is -0.558. The summed E-state index contributed by atoms with van der Waals surface area (Å²) in [4.78, 5) is 31.2. The number of aromatic nitrogens is 1. The van der Waals surface area contributed by atoms with Crippen LogP contribution in [0.1, 0.15) is 21.5 Å². The summed E-state index contributed by atoms with van der Waals surface area (Å²) >= 11 is 6.31. The lowest BCUT2D eigenvalue weighted by atomic mass is 9.97. The molecule has 0 unspecified atom stereocenters. The fourth-order valence-corrected chi connectivity index (χ4v) is 3.72. The number of ether oxygens (including phenoxy) is 1. The quantitative estimate of drug-likeness (QED) is 0.893. The van der Waals surface area contributed by atoms with E-state index in [4.69, 9.17) is 22.1 Å². The third kappa shape index (κ3) is 2.84. The number of benzene rings is 1. The van der Waals surface area contributed by atoms with Crippen LogP contribution in [0.3, 0.4) is 0 Å². The van der Waals surface area contributed by atoms with Gasteiger partial charge in [0.25, 0.3) is 0 Å². The van der Waals surface area contributed by atoms with Gasteiger partial charge < -0.3 is 15.4 Å². The molecule has 3 heterocycles. The van der Waals surface area contributed by atoms with Crippen molar-refractivity contribution in [1.29, 1.82) is 0 Å². The maximum atomic E-state index is 11.9. The molecule has 0 atom stereocenters. The molecule has 1 aromatic heterocycles. The second-order valence-electron chi connectivity index (χ2n) is 6.25. The molecule has 1 saturated heterocycles. The van der Waals surface area contributed by atoms with Crippen LogP contribution < -0.4 is 15.5 Å². The molecule has 2 aliphatic heterocycles. The number of fused-ring (bicyclic) bond motifs is 1. The molecule has 1 fully saturated rings. The van der Waals surface area contributed by atoms with Crippen LogP contribution >= 0.6 is 11.6 Å². The van der Waals surface area contributed by atoms with Crippen LogP contribution in [0.25, 0.3) is 0 Å². The number of nitrogens with zero attached hydrogens (tertiary/aromatic N) is 3. The number of hydrogen-bond donors (Lipinski definition) is 1. The van der Waals surface area contributed by atoms with Crippen LogP contribution in [0.5, 0.6) is 0 Å². The van der Waals surface area contributed by atoms with Gasteiger partial charge in [0, 0.05) is 19.3 Å². The fraction of sp³-hybridized carbons (Fsp3) is 0.278. The molecule has 2 aliphatic rings. The molecule has 0 bridgehead atoms. The molecular formula is C18H17ClN4O3. The summed E-state index contributed by atoms with van der Waals surface area (Å²) in [6.07, 6.45) is 1.90. The highest BCUT2D eigenvalue weighted by atomic mass is 35.5. The van der Waals surface area contributed by atoms with Crippen LogP contribution in [0.2, 0.25) is 5.02 Å². The molecular weight excluding hydrogens is 356 g/mol. The number of pyridine rings is 1. The molecule has 0 radical (unpaired) electrons. The highest BCUT2D eigenvalue weighted by Gasteiger charge is 2.29. The molecule has 26 heavy (non-hydrogen) atoms. The lowest BCUT2D eigenvalue weighted by Crippen LogP contribution is -2.33. The van der Waals surface area contributed by atoms with E-state index in [0.717, 1.165) is 23.2 Å². The average Bonchev–Trinajstić information content (AvgIpc) is 3.06. The molecule has 0 saturated carbocycles. The second kappa shape index (κ2) is 6.49. The maximum absolute atomic E-state index is 11.9. The smallest absolute Gasteiger partial charge is 0.414 e. The van der Waals surface area contributed by atoms with Crippen molar-refractivity contribution in [2.75, 3.05) is 29.5 Å². The van der Waals surface area contributed by atoms with Gasteiger partial charge in [0.1, 0.15) is 12.4 Å². The first kappa shape index (κ1) is 16.7. The Bertz CT molecular complexity index is 902. The first-order valence-electron chi connectivity index (χ1n) is 8.30. The molecule has 1 aromatic carbocycles. The molecule has 134 valence electrons. The zero-order valence-corrected chi connectivity index (χ0v) is 14.7. The van der Waals surface area contributed by atoms with Crippen LogP contribution in [0.15, 0.2) is 30.5 Å². The number of carbonyl (C=O) groups is 2. The molecule has 0 aliphatic carbocycles. The van der Waals surface area contributed by atoms with Gasteiger partial charge in [0.2, 0.25) is 5.91 Å². The van der Waals surface area contributed by atoms with Gasteiger partial charge in [-0.15, -0.1) is 0 Å². The van der Waals surface area contributed by atoms with E-state index in [-0.39, 0.29) is 11.7 Å². The summed E-state index contributed by atoms with van der Waals surface area (Å²) in [6, 6.07) is 7.47. The Hall–Kier alpha value is -2.80. The predicted octanol–water partition coefficient (Wildman–Crippen LogP) is 2.35. The van der Waals surface area contributed by atoms with Gasteiger partial charge in [-0.3, -0.25) is 9.69 Å². The standard InChI is InChI=1S/C18H17ClN4O3/c19-14-8-12(16(20)24)9-21-17(14)22-5-4-13-11(10-22)2-1-3-15(13)23-6-7-26-18(23)25/h1-3,8-9H,4-7,10H2,(H2,20,24). The van der Waals surface area contributed by atoms with Crippen molar-refractivity contribution in [1.82, 2.24) is 4.98 Å². The minimum absolute atomic E-state index is 0.283. The topological polar surface area (TPSA) is 88.8 Å². The highest BCUT2D eigenvalue weighted by Crippen LogP contribution is 2.34. The number of cyclic esters (lactones) is 1. The summed E-state index contributed by atoms with van der Waals surface area (Å²) in [5.74, 6) is 0.0605. The summed E-state index contributed by atoms with van der Waals surface area (Å²) in [7, 11) is 0. The van der Waals surface area contributed by atoms with Gasteiger partial charge in [-0.1, -0.05) is 23.7 Å². The van der Waals surface area contributed by atoms with Crippen molar-refractivity contribution in [3.63, 3.8) is 0 Å². The second-order valence-corrected chi connectivity index (χ2v) is 6.65. The van der Waals surface area contributed by atoms with Crippen molar-refractivity contribution >= 4 is 35.1 Å². The molecule has 4 rings (SSSR count). The predicted molar refractivity (Wildman–Crippen MR) is 97.7 cm³/mol. The maximum Gasteiger partial charge on any atom is 0.414 e. The number of hydrogen-bond acceptors (Lipinski definition) is 5. The lowest BCUT2D eigenvalue weighted by molar-refractivity contribution is 0.1000. The number of nitrogens with two attached hydrogens (primary N) is 1. The molecule has 8 heteroatoms. The van der Waals surface area contributed by atoms with E-state index in [0.29, 0.717) is 37.1 Å². The van der Waals surface area contributed by atoms with Gasteiger partial charge in [-0.05, 0) is 29.7 Å². The number of anilines is 2. The fourth-order valence-electron chi connectivity index (χ4n) is 3.43. The van der Waals surface area contributed by atoms with Gasteiger partial charge in [-0.2, -0.15) is 0 Å². The van der Waals surface area contributed by atoms with E-state index in [9.17, 15) is 9.59 Å². The van der Waals surface area contributed by atoms with Gasteiger partial charge >= 0.3 is 6.09 Å². The molecule has 0 spiro atoms. The molecule has 2 aromatic rings. The Morgan fingerprint density at radius 1 is 1.31 bits per heavy atom. The largest absolute Gasteiger partial charge is 0.447 e. The van der Waals surface area contributed by atoms with Crippen LogP contribution in [0.4, 0.5) is 16.3 Å². The average molecular weight is 373 g/mol.